The lowest BCUT2D eigenvalue weighted by molar-refractivity contribution is -0.117. The molecule has 1 aliphatic rings. The highest BCUT2D eigenvalue weighted by atomic mass is 32.2. The molecule has 23 heavy (non-hydrogen) atoms. The zero-order valence-corrected chi connectivity index (χ0v) is 14.4. The average Bonchev–Trinajstić information content (AvgIpc) is 2.47. The zero-order valence-electron chi connectivity index (χ0n) is 13.5. The summed E-state index contributed by atoms with van der Waals surface area (Å²) in [5, 5.41) is 4.90. The minimum absolute atomic E-state index is 0.129. The Balaban J connectivity index is 2.35. The second-order valence-electron chi connectivity index (χ2n) is 5.82. The van der Waals surface area contributed by atoms with E-state index in [9.17, 15) is 13.2 Å². The minimum atomic E-state index is -4.07. The van der Waals surface area contributed by atoms with Crippen LogP contribution in [0.1, 0.15) is 63.0 Å². The average molecular weight is 337 g/mol. The number of carbonyl (C=O) groups is 1. The van der Waals surface area contributed by atoms with Gasteiger partial charge >= 0.3 is 10.3 Å². The fraction of sp³-hybridized carbons (Fsp3) is 0.471. The number of rotatable bonds is 7. The van der Waals surface area contributed by atoms with Crippen LogP contribution in [0.15, 0.2) is 23.8 Å². The molecule has 2 N–H and O–H groups in total. The van der Waals surface area contributed by atoms with Gasteiger partial charge in [-0.2, -0.15) is 13.6 Å². The third-order valence-corrected chi connectivity index (χ3v) is 4.49. The highest BCUT2D eigenvalue weighted by Gasteiger charge is 2.28. The number of ketones is 1. The zero-order chi connectivity index (χ0) is 17.0. The van der Waals surface area contributed by atoms with E-state index < -0.39 is 10.3 Å². The number of carbonyl (C=O) groups excluding carboxylic acids is 1. The normalized spacial score (nSPS) is 17.6. The van der Waals surface area contributed by atoms with Crippen molar-refractivity contribution in [2.45, 2.75) is 51.9 Å². The molecule has 0 fully saturated rings. The van der Waals surface area contributed by atoms with Crippen molar-refractivity contribution in [3.05, 3.63) is 34.9 Å². The lowest BCUT2D eigenvalue weighted by Gasteiger charge is -2.24. The van der Waals surface area contributed by atoms with E-state index in [1.807, 2.05) is 13.0 Å². The number of Topliss-reactive ketones (excluding diaryl/α,β-unsaturated/α-hetero) is 1. The summed E-state index contributed by atoms with van der Waals surface area (Å²) < 4.78 is 26.8. The summed E-state index contributed by atoms with van der Waals surface area (Å²) in [6.07, 6.45) is 6.60. The van der Waals surface area contributed by atoms with Crippen LogP contribution in [0.4, 0.5) is 0 Å². The van der Waals surface area contributed by atoms with Gasteiger partial charge in [0.25, 0.3) is 0 Å². The van der Waals surface area contributed by atoms with Crippen molar-refractivity contribution in [1.82, 2.24) is 0 Å². The van der Waals surface area contributed by atoms with Crippen molar-refractivity contribution in [2.75, 3.05) is 0 Å². The standard InChI is InChI=1S/C17H23NO4S/c1-3-5-6-7-13-10-12-8-9-14(22-23(18,20)21)11-16(12)15(4-2)17(13)19/h8-11,15H,3-7H2,1-2H3,(H2,18,20,21). The maximum atomic E-state index is 12.7. The Bertz CT molecular complexity index is 722. The summed E-state index contributed by atoms with van der Waals surface area (Å²) in [7, 11) is -4.07. The van der Waals surface area contributed by atoms with Crippen molar-refractivity contribution >= 4 is 22.2 Å². The molecule has 1 aliphatic carbocycles. The predicted octanol–water partition coefficient (Wildman–Crippen LogP) is 3.31. The number of nitrogens with two attached hydrogens (primary N) is 1. The largest absolute Gasteiger partial charge is 0.380 e. The van der Waals surface area contributed by atoms with Gasteiger partial charge in [0.1, 0.15) is 5.75 Å². The number of hydrogen-bond donors (Lipinski definition) is 1. The van der Waals surface area contributed by atoms with Crippen LogP contribution in [0.2, 0.25) is 0 Å². The molecule has 1 aromatic rings. The summed E-state index contributed by atoms with van der Waals surface area (Å²) in [5.41, 5.74) is 2.61. The molecule has 0 aromatic heterocycles. The minimum Gasteiger partial charge on any atom is -0.371 e. The molecular weight excluding hydrogens is 314 g/mol. The Morgan fingerprint density at radius 2 is 1.96 bits per heavy atom. The predicted molar refractivity (Wildman–Crippen MR) is 90.3 cm³/mol. The molecule has 0 heterocycles. The van der Waals surface area contributed by atoms with Gasteiger partial charge < -0.3 is 4.18 Å². The molecule has 0 radical (unpaired) electrons. The van der Waals surface area contributed by atoms with Gasteiger partial charge in [-0.05, 0) is 54.2 Å². The number of benzene rings is 1. The number of unbranched alkanes of at least 4 members (excludes halogenated alkanes) is 2. The summed E-state index contributed by atoms with van der Waals surface area (Å²) in [6, 6.07) is 4.95. The van der Waals surface area contributed by atoms with Crippen LogP contribution < -0.4 is 9.32 Å². The Labute approximate surface area is 137 Å². The van der Waals surface area contributed by atoms with E-state index >= 15 is 0 Å². The molecule has 5 nitrogen and oxygen atoms in total. The quantitative estimate of drug-likeness (QED) is 0.773. The number of fused-ring (bicyclic) bond motifs is 1. The SMILES string of the molecule is CCCCCC1=Cc2ccc(OS(N)(=O)=O)cc2C(CC)C1=O. The van der Waals surface area contributed by atoms with E-state index in [1.165, 1.54) is 0 Å². The van der Waals surface area contributed by atoms with Crippen molar-refractivity contribution in [3.8, 4) is 5.75 Å². The van der Waals surface area contributed by atoms with Crippen molar-refractivity contribution < 1.29 is 17.4 Å². The fourth-order valence-electron chi connectivity index (χ4n) is 2.96. The summed E-state index contributed by atoms with van der Waals surface area (Å²) >= 11 is 0. The van der Waals surface area contributed by atoms with Crippen molar-refractivity contribution in [3.63, 3.8) is 0 Å². The van der Waals surface area contributed by atoms with Crippen LogP contribution in [0.5, 0.6) is 5.75 Å². The van der Waals surface area contributed by atoms with Gasteiger partial charge in [0.2, 0.25) is 0 Å². The first-order valence-electron chi connectivity index (χ1n) is 7.96. The monoisotopic (exact) mass is 337 g/mol. The maximum Gasteiger partial charge on any atom is 0.380 e. The highest BCUT2D eigenvalue weighted by molar-refractivity contribution is 7.84. The molecule has 0 spiro atoms. The Kier molecular flexibility index (Phi) is 5.59. The van der Waals surface area contributed by atoms with Gasteiger partial charge in [0.05, 0.1) is 0 Å². The highest BCUT2D eigenvalue weighted by Crippen LogP contribution is 2.37. The van der Waals surface area contributed by atoms with Crippen LogP contribution in [-0.4, -0.2) is 14.2 Å². The number of hydrogen-bond acceptors (Lipinski definition) is 4. The number of allylic oxidation sites excluding steroid dienone is 1. The third-order valence-electron chi connectivity index (χ3n) is 4.07. The van der Waals surface area contributed by atoms with Crippen LogP contribution in [0.25, 0.3) is 6.08 Å². The molecule has 126 valence electrons. The van der Waals surface area contributed by atoms with Gasteiger partial charge in [-0.3, -0.25) is 4.79 Å². The van der Waals surface area contributed by atoms with E-state index in [0.29, 0.717) is 6.42 Å². The second-order valence-corrected chi connectivity index (χ2v) is 6.97. The lowest BCUT2D eigenvalue weighted by atomic mass is 9.79. The molecule has 0 bridgehead atoms. The lowest BCUT2D eigenvalue weighted by Crippen LogP contribution is -2.21. The van der Waals surface area contributed by atoms with E-state index in [0.717, 1.165) is 42.4 Å². The first-order valence-corrected chi connectivity index (χ1v) is 9.43. The molecule has 1 aromatic carbocycles. The van der Waals surface area contributed by atoms with Gasteiger partial charge in [-0.25, -0.2) is 0 Å². The Morgan fingerprint density at radius 1 is 1.22 bits per heavy atom. The van der Waals surface area contributed by atoms with Crippen LogP contribution >= 0.6 is 0 Å². The summed E-state index contributed by atoms with van der Waals surface area (Å²) in [4.78, 5) is 12.7. The topological polar surface area (TPSA) is 86.5 Å². The van der Waals surface area contributed by atoms with E-state index in [2.05, 4.69) is 6.92 Å². The molecule has 0 amide bonds. The molecule has 1 unspecified atom stereocenters. The smallest absolute Gasteiger partial charge is 0.371 e. The third kappa shape index (κ3) is 4.42. The first kappa shape index (κ1) is 17.7. The first-order chi connectivity index (χ1) is 10.9. The molecule has 6 heteroatoms. The van der Waals surface area contributed by atoms with Gasteiger partial charge in [-0.15, -0.1) is 0 Å². The van der Waals surface area contributed by atoms with Gasteiger partial charge in [-0.1, -0.05) is 32.8 Å². The van der Waals surface area contributed by atoms with Gasteiger partial charge in [0.15, 0.2) is 5.78 Å². The molecular formula is C17H23NO4S. The maximum absolute atomic E-state index is 12.7. The second kappa shape index (κ2) is 7.27. The molecule has 0 saturated carbocycles. The summed E-state index contributed by atoms with van der Waals surface area (Å²) in [5.74, 6) is 0.0137. The fourth-order valence-corrected chi connectivity index (χ4v) is 3.33. The Hall–Kier alpha value is -1.66. The van der Waals surface area contributed by atoms with Crippen LogP contribution in [-0.2, 0) is 15.1 Å². The van der Waals surface area contributed by atoms with E-state index in [4.69, 9.17) is 9.32 Å². The van der Waals surface area contributed by atoms with Crippen molar-refractivity contribution in [2.24, 2.45) is 5.14 Å². The molecule has 1 atom stereocenters. The Morgan fingerprint density at radius 3 is 2.57 bits per heavy atom. The molecule has 2 rings (SSSR count). The van der Waals surface area contributed by atoms with Crippen LogP contribution in [0.3, 0.4) is 0 Å². The van der Waals surface area contributed by atoms with Gasteiger partial charge in [0, 0.05) is 5.92 Å². The van der Waals surface area contributed by atoms with Crippen LogP contribution in [0, 0.1) is 0 Å². The summed E-state index contributed by atoms with van der Waals surface area (Å²) in [6.45, 7) is 4.09. The van der Waals surface area contributed by atoms with E-state index in [-0.39, 0.29) is 17.5 Å². The molecule has 0 saturated heterocycles. The molecule has 0 aliphatic heterocycles. The van der Waals surface area contributed by atoms with E-state index in [1.54, 1.807) is 18.2 Å². The van der Waals surface area contributed by atoms with Crippen molar-refractivity contribution in [1.29, 1.82) is 0 Å².